The monoisotopic (exact) mass is 535 g/mol. The van der Waals surface area contributed by atoms with Gasteiger partial charge in [-0.2, -0.15) is 0 Å². The molecule has 6 nitrogen and oxygen atoms in total. The summed E-state index contributed by atoms with van der Waals surface area (Å²) in [5.74, 6) is 0.0720. The molecule has 5 aliphatic carbocycles. The molecule has 39 heavy (non-hydrogen) atoms. The van der Waals surface area contributed by atoms with Gasteiger partial charge in [-0.15, -0.1) is 0 Å². The molecule has 3 saturated carbocycles. The van der Waals surface area contributed by atoms with E-state index in [2.05, 4.69) is 46.8 Å². The minimum absolute atomic E-state index is 0.0413. The summed E-state index contributed by atoms with van der Waals surface area (Å²) in [6, 6.07) is 0. The van der Waals surface area contributed by atoms with Gasteiger partial charge in [-0.25, -0.2) is 4.79 Å². The van der Waals surface area contributed by atoms with E-state index in [4.69, 9.17) is 15.2 Å². The van der Waals surface area contributed by atoms with Gasteiger partial charge in [0.2, 0.25) is 11.7 Å². The molecule has 0 heterocycles. The summed E-state index contributed by atoms with van der Waals surface area (Å²) in [5, 5.41) is 0. The normalized spacial score (nSPS) is 41.2. The highest BCUT2D eigenvalue weighted by atomic mass is 16.7. The Morgan fingerprint density at radius 3 is 2.36 bits per heavy atom. The lowest BCUT2D eigenvalue weighted by Crippen LogP contribution is -2.61. The van der Waals surface area contributed by atoms with Gasteiger partial charge in [0.1, 0.15) is 0 Å². The lowest BCUT2D eigenvalue weighted by atomic mass is 9.34. The van der Waals surface area contributed by atoms with Gasteiger partial charge < -0.3 is 15.2 Å². The summed E-state index contributed by atoms with van der Waals surface area (Å²) in [5.41, 5.74) is 9.78. The van der Waals surface area contributed by atoms with Crippen LogP contribution in [0.25, 0.3) is 0 Å². The van der Waals surface area contributed by atoms with Crippen molar-refractivity contribution in [2.75, 3.05) is 6.61 Å². The standard InChI is InChI=1S/C33H45NO5/c1-8-38-28(37)39-27-20(2)21-9-10-24-31(5,22(21)17-23(27)35)14-16-33(7)25-18-29(3,19-26(34)36)11-12-30(25,4)13-15-32(24,33)6/h9-10,17,25H,8,11-16,18-19H2,1-7H3,(H2,34,36)/t25-,29-,30-,31+,32-,33+/m1/s1. The lowest BCUT2D eigenvalue weighted by Gasteiger charge is -2.70. The number of nitrogens with two attached hydrogens (primary N) is 1. The maximum atomic E-state index is 13.3. The zero-order valence-corrected chi connectivity index (χ0v) is 24.8. The molecule has 0 aromatic carbocycles. The molecule has 0 saturated heterocycles. The molecule has 0 radical (unpaired) electrons. The van der Waals surface area contributed by atoms with Crippen molar-refractivity contribution in [3.8, 4) is 0 Å². The van der Waals surface area contributed by atoms with Gasteiger partial charge in [-0.3, -0.25) is 9.59 Å². The van der Waals surface area contributed by atoms with Crippen molar-refractivity contribution in [2.45, 2.75) is 99.8 Å². The number of carbonyl (C=O) groups is 3. The van der Waals surface area contributed by atoms with Crippen LogP contribution in [0.1, 0.15) is 99.8 Å². The van der Waals surface area contributed by atoms with Gasteiger partial charge in [0.15, 0.2) is 5.76 Å². The molecule has 0 aliphatic heterocycles. The van der Waals surface area contributed by atoms with Gasteiger partial charge in [-0.05, 0) is 104 Å². The van der Waals surface area contributed by atoms with Crippen molar-refractivity contribution < 1.29 is 23.9 Å². The summed E-state index contributed by atoms with van der Waals surface area (Å²) < 4.78 is 10.3. The van der Waals surface area contributed by atoms with Crippen LogP contribution in [0.4, 0.5) is 4.79 Å². The van der Waals surface area contributed by atoms with Crippen LogP contribution >= 0.6 is 0 Å². The Balaban J connectivity index is 1.56. The Morgan fingerprint density at radius 1 is 1.00 bits per heavy atom. The average Bonchev–Trinajstić information content (AvgIpc) is 2.85. The number of amides is 1. The van der Waals surface area contributed by atoms with Gasteiger partial charge in [0.05, 0.1) is 6.61 Å². The predicted octanol–water partition coefficient (Wildman–Crippen LogP) is 7.10. The molecule has 0 aromatic heterocycles. The Morgan fingerprint density at radius 2 is 1.69 bits per heavy atom. The Kier molecular flexibility index (Phi) is 6.40. The molecule has 3 fully saturated rings. The first-order valence-corrected chi connectivity index (χ1v) is 14.7. The van der Waals surface area contributed by atoms with Crippen LogP contribution in [-0.4, -0.2) is 24.5 Å². The fraction of sp³-hybridized carbons (Fsp3) is 0.667. The minimum atomic E-state index is -0.849. The van der Waals surface area contributed by atoms with Gasteiger partial charge >= 0.3 is 6.16 Å². The minimum Gasteiger partial charge on any atom is -0.434 e. The highest BCUT2D eigenvalue weighted by Gasteiger charge is 2.66. The number of ketones is 1. The topological polar surface area (TPSA) is 95.7 Å². The third-order valence-corrected chi connectivity index (χ3v) is 12.0. The third-order valence-electron chi connectivity index (χ3n) is 12.0. The van der Waals surface area contributed by atoms with Gasteiger partial charge in [0, 0.05) is 17.4 Å². The molecular weight excluding hydrogens is 490 g/mol. The molecule has 0 unspecified atom stereocenters. The van der Waals surface area contributed by atoms with Crippen LogP contribution in [0.2, 0.25) is 0 Å². The average molecular weight is 536 g/mol. The fourth-order valence-electron chi connectivity index (χ4n) is 9.46. The highest BCUT2D eigenvalue weighted by molar-refractivity contribution is 6.08. The number of ether oxygens (including phenoxy) is 2. The molecular formula is C33H45NO5. The van der Waals surface area contributed by atoms with E-state index in [1.165, 1.54) is 5.57 Å². The van der Waals surface area contributed by atoms with E-state index >= 15 is 0 Å². The molecule has 6 heteroatoms. The van der Waals surface area contributed by atoms with Gasteiger partial charge in [0.25, 0.3) is 0 Å². The summed E-state index contributed by atoms with van der Waals surface area (Å²) in [7, 11) is 0. The molecule has 2 N–H and O–H groups in total. The molecule has 0 aromatic rings. The molecule has 6 atom stereocenters. The first-order chi connectivity index (χ1) is 18.1. The summed E-state index contributed by atoms with van der Waals surface area (Å²) in [6.45, 7) is 15.7. The molecule has 5 rings (SSSR count). The summed E-state index contributed by atoms with van der Waals surface area (Å²) >= 11 is 0. The second-order valence-corrected chi connectivity index (χ2v) is 14.3. The van der Waals surface area contributed by atoms with Crippen molar-refractivity contribution in [3.05, 3.63) is 46.3 Å². The quantitative estimate of drug-likeness (QED) is 0.387. The maximum absolute atomic E-state index is 13.3. The second-order valence-electron chi connectivity index (χ2n) is 14.3. The van der Waals surface area contributed by atoms with Crippen molar-refractivity contribution in [1.82, 2.24) is 0 Å². The predicted molar refractivity (Wildman–Crippen MR) is 150 cm³/mol. The first kappa shape index (κ1) is 27.9. The molecule has 0 spiro atoms. The second kappa shape index (κ2) is 8.94. The zero-order chi connectivity index (χ0) is 28.6. The number of primary amides is 1. The highest BCUT2D eigenvalue weighted by Crippen LogP contribution is 2.75. The number of fused-ring (bicyclic) bond motifs is 7. The molecule has 5 aliphatic rings. The summed E-state index contributed by atoms with van der Waals surface area (Å²) in [6.07, 6.45) is 13.2. The van der Waals surface area contributed by atoms with E-state index in [9.17, 15) is 14.4 Å². The van der Waals surface area contributed by atoms with E-state index < -0.39 is 6.16 Å². The maximum Gasteiger partial charge on any atom is 0.513 e. The third kappa shape index (κ3) is 3.99. The van der Waals surface area contributed by atoms with E-state index in [0.29, 0.717) is 17.9 Å². The van der Waals surface area contributed by atoms with Gasteiger partial charge in [-0.1, -0.05) is 52.3 Å². The fourth-order valence-corrected chi connectivity index (χ4v) is 9.46. The van der Waals surface area contributed by atoms with E-state index in [1.54, 1.807) is 13.0 Å². The van der Waals surface area contributed by atoms with E-state index in [1.807, 2.05) is 6.92 Å². The van der Waals surface area contributed by atoms with E-state index in [-0.39, 0.29) is 51.1 Å². The van der Waals surface area contributed by atoms with Crippen LogP contribution in [0.3, 0.4) is 0 Å². The van der Waals surface area contributed by atoms with Crippen LogP contribution < -0.4 is 5.73 Å². The SMILES string of the molecule is CCOC(=O)OC1=C(C)C2=CC=C3[C@@](C)(CC[C@@]4(C)[C@@H]5C[C@](C)(CC(N)=O)CC[C@]5(C)CC[C@]34C)C2=CC1=O. The smallest absolute Gasteiger partial charge is 0.434 e. The first-order valence-electron chi connectivity index (χ1n) is 14.7. The van der Waals surface area contributed by atoms with Crippen molar-refractivity contribution in [1.29, 1.82) is 0 Å². The Bertz CT molecular complexity index is 1270. The van der Waals surface area contributed by atoms with Crippen molar-refractivity contribution in [3.63, 3.8) is 0 Å². The lowest BCUT2D eigenvalue weighted by molar-refractivity contribution is -0.163. The molecule has 212 valence electrons. The van der Waals surface area contributed by atoms with E-state index in [0.717, 1.165) is 56.1 Å². The van der Waals surface area contributed by atoms with Crippen LogP contribution in [0, 0.1) is 33.0 Å². The van der Waals surface area contributed by atoms with Crippen molar-refractivity contribution >= 4 is 17.8 Å². The zero-order valence-electron chi connectivity index (χ0n) is 24.8. The van der Waals surface area contributed by atoms with Crippen LogP contribution in [-0.2, 0) is 19.1 Å². The van der Waals surface area contributed by atoms with Crippen molar-refractivity contribution in [2.24, 2.45) is 38.7 Å². The van der Waals surface area contributed by atoms with Crippen LogP contribution in [0.5, 0.6) is 0 Å². The largest absolute Gasteiger partial charge is 0.513 e. The number of carbonyl (C=O) groups excluding carboxylic acids is 3. The number of hydrogen-bond donors (Lipinski definition) is 1. The number of rotatable bonds is 4. The number of hydrogen-bond acceptors (Lipinski definition) is 5. The van der Waals surface area contributed by atoms with Crippen LogP contribution in [0.15, 0.2) is 46.3 Å². The Hall–Kier alpha value is -2.63. The molecule has 0 bridgehead atoms. The number of allylic oxidation sites excluding steroid dienone is 7. The Labute approximate surface area is 233 Å². The summed E-state index contributed by atoms with van der Waals surface area (Å²) in [4.78, 5) is 37.3. The molecule has 1 amide bonds.